The van der Waals surface area contributed by atoms with Crippen molar-refractivity contribution >= 4 is 19.1 Å². The Bertz CT molecular complexity index is 768. The van der Waals surface area contributed by atoms with Gasteiger partial charge in [0.05, 0.1) is 0 Å². The summed E-state index contributed by atoms with van der Waals surface area (Å²) in [6, 6.07) is 16.9. The summed E-state index contributed by atoms with van der Waals surface area (Å²) < 4.78 is 4.96. The van der Waals surface area contributed by atoms with Crippen LogP contribution in [0.1, 0.15) is 23.6 Å². The molecule has 0 fully saturated rings. The molecular formula is C20H25BN2O5. The van der Waals surface area contributed by atoms with Crippen LogP contribution in [0.2, 0.25) is 0 Å². The molecule has 0 bridgehead atoms. The monoisotopic (exact) mass is 384 g/mol. The maximum absolute atomic E-state index is 12.4. The number of hydrogen-bond acceptors (Lipinski definition) is 5. The maximum Gasteiger partial charge on any atom is 0.635 e. The maximum atomic E-state index is 12.4. The van der Waals surface area contributed by atoms with Crippen molar-refractivity contribution in [3.8, 4) is 0 Å². The largest absolute Gasteiger partial charge is 0.635 e. The molecule has 2 aromatic rings. The van der Waals surface area contributed by atoms with Crippen molar-refractivity contribution in [2.45, 2.75) is 33.0 Å². The van der Waals surface area contributed by atoms with Crippen LogP contribution in [0.15, 0.2) is 54.6 Å². The van der Waals surface area contributed by atoms with E-state index in [2.05, 4.69) is 10.6 Å². The van der Waals surface area contributed by atoms with Gasteiger partial charge in [-0.05, 0) is 25.0 Å². The second-order valence-corrected chi connectivity index (χ2v) is 6.57. The molecule has 2 aromatic carbocycles. The quantitative estimate of drug-likeness (QED) is 0.292. The minimum atomic E-state index is -2.04. The van der Waals surface area contributed by atoms with E-state index in [1.165, 1.54) is 6.92 Å². The van der Waals surface area contributed by atoms with Gasteiger partial charge in [0.15, 0.2) is 0 Å². The highest BCUT2D eigenvalue weighted by Gasteiger charge is 2.26. The fourth-order valence-electron chi connectivity index (χ4n) is 2.56. The number of benzene rings is 2. The summed E-state index contributed by atoms with van der Waals surface area (Å²) in [4.78, 5) is 24.7. The molecule has 0 heterocycles. The number of amides is 2. The van der Waals surface area contributed by atoms with Gasteiger partial charge in [-0.15, -0.1) is 0 Å². The first-order valence-electron chi connectivity index (χ1n) is 9.04. The van der Waals surface area contributed by atoms with Gasteiger partial charge in [0.1, 0.15) is 12.1 Å². The van der Waals surface area contributed by atoms with Gasteiger partial charge in [0.2, 0.25) is 11.8 Å². The molecule has 148 valence electrons. The fourth-order valence-corrected chi connectivity index (χ4v) is 2.56. The highest BCUT2D eigenvalue weighted by molar-refractivity contribution is 6.32. The van der Waals surface area contributed by atoms with Crippen molar-refractivity contribution in [3.63, 3.8) is 0 Å². The second kappa shape index (κ2) is 10.6. The molecule has 0 aromatic heterocycles. The third-order valence-corrected chi connectivity index (χ3v) is 4.23. The molecule has 4 N–H and O–H groups in total. The lowest BCUT2D eigenvalue weighted by Crippen LogP contribution is -2.47. The SMILES string of the molecule is Cc1ccc(C[C@H](NC(=O)C(C)C(=O)NCc2ccccc2)OB(O)O)cc1. The number of nitrogens with one attached hydrogen (secondary N) is 2. The zero-order valence-electron chi connectivity index (χ0n) is 16.0. The van der Waals surface area contributed by atoms with E-state index in [0.29, 0.717) is 6.54 Å². The van der Waals surface area contributed by atoms with Crippen molar-refractivity contribution < 1.29 is 24.3 Å². The molecule has 1 unspecified atom stereocenters. The lowest BCUT2D eigenvalue weighted by molar-refractivity contribution is -0.136. The minimum absolute atomic E-state index is 0.224. The van der Waals surface area contributed by atoms with Crippen LogP contribution >= 0.6 is 0 Å². The van der Waals surface area contributed by atoms with Gasteiger partial charge in [0, 0.05) is 13.0 Å². The number of hydrogen-bond donors (Lipinski definition) is 4. The zero-order chi connectivity index (χ0) is 20.5. The Balaban J connectivity index is 1.92. The highest BCUT2D eigenvalue weighted by atomic mass is 16.6. The van der Waals surface area contributed by atoms with E-state index < -0.39 is 31.3 Å². The smallest absolute Gasteiger partial charge is 0.402 e. The Morgan fingerprint density at radius 1 is 1.00 bits per heavy atom. The average Bonchev–Trinajstić information content (AvgIpc) is 2.67. The van der Waals surface area contributed by atoms with Gasteiger partial charge in [-0.25, -0.2) is 0 Å². The van der Waals surface area contributed by atoms with Gasteiger partial charge in [0.25, 0.3) is 0 Å². The molecule has 7 nitrogen and oxygen atoms in total. The molecule has 2 atom stereocenters. The number of carbonyl (C=O) groups is 2. The summed E-state index contributed by atoms with van der Waals surface area (Å²) in [5.41, 5.74) is 2.85. The summed E-state index contributed by atoms with van der Waals surface area (Å²) in [5.74, 6) is -1.97. The molecule has 0 radical (unpaired) electrons. The summed E-state index contributed by atoms with van der Waals surface area (Å²) in [7, 11) is -2.04. The fraction of sp³-hybridized carbons (Fsp3) is 0.300. The molecule has 0 aliphatic rings. The van der Waals surface area contributed by atoms with E-state index in [1.807, 2.05) is 61.5 Å². The predicted octanol–water partition coefficient (Wildman–Crippen LogP) is 0.918. The summed E-state index contributed by atoms with van der Waals surface area (Å²) in [6.07, 6.45) is -0.762. The van der Waals surface area contributed by atoms with Crippen LogP contribution in [0.5, 0.6) is 0 Å². The molecule has 2 rings (SSSR count). The van der Waals surface area contributed by atoms with Gasteiger partial charge in [-0.1, -0.05) is 60.2 Å². The molecule has 8 heteroatoms. The molecule has 0 saturated carbocycles. The first-order chi connectivity index (χ1) is 13.3. The first-order valence-corrected chi connectivity index (χ1v) is 9.04. The molecule has 0 aliphatic heterocycles. The Labute approximate surface area is 164 Å². The van der Waals surface area contributed by atoms with Crippen molar-refractivity contribution in [3.05, 3.63) is 71.3 Å². The van der Waals surface area contributed by atoms with Crippen molar-refractivity contribution in [1.82, 2.24) is 10.6 Å². The number of aryl methyl sites for hydroxylation is 1. The van der Waals surface area contributed by atoms with Gasteiger partial charge >= 0.3 is 7.32 Å². The Morgan fingerprint density at radius 2 is 1.64 bits per heavy atom. The number of carbonyl (C=O) groups excluding carboxylic acids is 2. The van der Waals surface area contributed by atoms with Crippen LogP contribution in [-0.2, 0) is 27.2 Å². The second-order valence-electron chi connectivity index (χ2n) is 6.57. The van der Waals surface area contributed by atoms with Gasteiger partial charge in [-0.2, -0.15) is 0 Å². The third-order valence-electron chi connectivity index (χ3n) is 4.23. The molecule has 0 saturated heterocycles. The van der Waals surface area contributed by atoms with E-state index in [9.17, 15) is 9.59 Å². The van der Waals surface area contributed by atoms with Crippen LogP contribution in [0.3, 0.4) is 0 Å². The van der Waals surface area contributed by atoms with Crippen LogP contribution in [0.4, 0.5) is 0 Å². The Kier molecular flexibility index (Phi) is 8.19. The lowest BCUT2D eigenvalue weighted by atomic mass is 10.1. The minimum Gasteiger partial charge on any atom is -0.402 e. The molecule has 28 heavy (non-hydrogen) atoms. The molecule has 2 amide bonds. The molecular weight excluding hydrogens is 359 g/mol. The van der Waals surface area contributed by atoms with Crippen molar-refractivity contribution in [1.29, 1.82) is 0 Å². The Morgan fingerprint density at radius 3 is 2.25 bits per heavy atom. The topological polar surface area (TPSA) is 108 Å². The zero-order valence-corrected chi connectivity index (χ0v) is 16.0. The first kappa shape index (κ1) is 21.6. The Hall–Kier alpha value is -2.68. The van der Waals surface area contributed by atoms with Gasteiger partial charge < -0.3 is 25.3 Å². The predicted molar refractivity (Wildman–Crippen MR) is 106 cm³/mol. The van der Waals surface area contributed by atoms with E-state index in [1.54, 1.807) is 0 Å². The van der Waals surface area contributed by atoms with E-state index in [0.717, 1.165) is 16.7 Å². The standard InChI is InChI=1S/C20H25BN2O5/c1-14-8-10-16(11-9-14)12-18(28-21(26)27)23-20(25)15(2)19(24)22-13-17-6-4-3-5-7-17/h3-11,15,18,26-27H,12-13H2,1-2H3,(H,22,24)(H,23,25)/t15?,18-/m1/s1. The molecule has 0 spiro atoms. The van der Waals surface area contributed by atoms with Crippen LogP contribution in [-0.4, -0.2) is 35.4 Å². The summed E-state index contributed by atoms with van der Waals surface area (Å²) in [5, 5.41) is 23.5. The van der Waals surface area contributed by atoms with E-state index in [-0.39, 0.29) is 6.42 Å². The van der Waals surface area contributed by atoms with Crippen LogP contribution in [0, 0.1) is 12.8 Å². The average molecular weight is 384 g/mol. The van der Waals surface area contributed by atoms with Crippen LogP contribution < -0.4 is 10.6 Å². The summed E-state index contributed by atoms with van der Waals surface area (Å²) >= 11 is 0. The van der Waals surface area contributed by atoms with E-state index >= 15 is 0 Å². The lowest BCUT2D eigenvalue weighted by Gasteiger charge is -2.21. The van der Waals surface area contributed by atoms with Gasteiger partial charge in [-0.3, -0.25) is 9.59 Å². The highest BCUT2D eigenvalue weighted by Crippen LogP contribution is 2.09. The van der Waals surface area contributed by atoms with Crippen LogP contribution in [0.25, 0.3) is 0 Å². The third kappa shape index (κ3) is 7.15. The normalized spacial score (nSPS) is 12.7. The van der Waals surface area contributed by atoms with E-state index in [4.69, 9.17) is 14.7 Å². The van der Waals surface area contributed by atoms with Crippen molar-refractivity contribution in [2.24, 2.45) is 5.92 Å². The summed E-state index contributed by atoms with van der Waals surface area (Å²) in [6.45, 7) is 3.75. The molecule has 0 aliphatic carbocycles. The van der Waals surface area contributed by atoms with Crippen molar-refractivity contribution in [2.75, 3.05) is 0 Å². The number of rotatable bonds is 9.